The van der Waals surface area contributed by atoms with Crippen LogP contribution in [-0.2, 0) is 5.41 Å². The monoisotopic (exact) mass is 360 g/mol. The molecule has 142 valence electrons. The van der Waals surface area contributed by atoms with Gasteiger partial charge in [0.15, 0.2) is 0 Å². The van der Waals surface area contributed by atoms with E-state index in [1.165, 1.54) is 14.2 Å². The molecule has 26 heavy (non-hydrogen) atoms. The van der Waals surface area contributed by atoms with Crippen molar-refractivity contribution in [3.05, 3.63) is 35.5 Å². The van der Waals surface area contributed by atoms with Crippen molar-refractivity contribution in [1.82, 2.24) is 5.16 Å². The second-order valence-corrected chi connectivity index (χ2v) is 6.59. The van der Waals surface area contributed by atoms with E-state index in [9.17, 15) is 4.79 Å². The molecular weight excluding hydrogens is 332 g/mol. The average molecular weight is 360 g/mol. The highest BCUT2D eigenvalue weighted by Crippen LogP contribution is 2.34. The van der Waals surface area contributed by atoms with Crippen LogP contribution in [0.4, 0.5) is 5.88 Å². The smallest absolute Gasteiger partial charge is 0.265 e. The van der Waals surface area contributed by atoms with E-state index in [1.54, 1.807) is 24.3 Å². The Morgan fingerprint density at radius 2 is 1.88 bits per heavy atom. The number of nitrogens with zero attached hydrogens (tertiary/aromatic N) is 1. The zero-order valence-corrected chi connectivity index (χ0v) is 16.2. The number of hydrogen-bond acceptors (Lipinski definition) is 5. The van der Waals surface area contributed by atoms with E-state index < -0.39 is 0 Å². The maximum atomic E-state index is 12.7. The van der Waals surface area contributed by atoms with Crippen molar-refractivity contribution in [3.63, 3.8) is 0 Å². The van der Waals surface area contributed by atoms with Gasteiger partial charge in [-0.25, -0.2) is 0 Å². The van der Waals surface area contributed by atoms with Crippen molar-refractivity contribution in [2.45, 2.75) is 51.9 Å². The van der Waals surface area contributed by atoms with Crippen LogP contribution >= 0.6 is 0 Å². The summed E-state index contributed by atoms with van der Waals surface area (Å²) in [5, 5.41) is 6.94. The van der Waals surface area contributed by atoms with Gasteiger partial charge in [-0.05, 0) is 25.0 Å². The molecule has 2 aromatic rings. The number of amides is 1. The number of ether oxygens (including phenoxy) is 2. The summed E-state index contributed by atoms with van der Waals surface area (Å²) in [5.41, 5.74) is 1.11. The van der Waals surface area contributed by atoms with Crippen molar-refractivity contribution < 1.29 is 18.8 Å². The van der Waals surface area contributed by atoms with Crippen LogP contribution in [0.25, 0.3) is 0 Å². The van der Waals surface area contributed by atoms with Gasteiger partial charge in [-0.15, -0.1) is 0 Å². The van der Waals surface area contributed by atoms with Crippen molar-refractivity contribution in [2.24, 2.45) is 0 Å². The third-order valence-electron chi connectivity index (χ3n) is 4.88. The number of anilines is 1. The summed E-state index contributed by atoms with van der Waals surface area (Å²) in [7, 11) is 3.02. The van der Waals surface area contributed by atoms with E-state index in [2.05, 4.69) is 31.2 Å². The molecule has 1 aromatic heterocycles. The number of methoxy groups -OCH3 is 2. The summed E-state index contributed by atoms with van der Waals surface area (Å²) < 4.78 is 15.9. The van der Waals surface area contributed by atoms with Gasteiger partial charge in [0.25, 0.3) is 5.91 Å². The molecule has 0 fully saturated rings. The van der Waals surface area contributed by atoms with Crippen LogP contribution < -0.4 is 14.8 Å². The highest BCUT2D eigenvalue weighted by molar-refractivity contribution is 6.07. The zero-order valence-electron chi connectivity index (χ0n) is 16.2. The van der Waals surface area contributed by atoms with Crippen molar-refractivity contribution in [3.8, 4) is 11.5 Å². The van der Waals surface area contributed by atoms with Gasteiger partial charge in [0, 0.05) is 11.5 Å². The topological polar surface area (TPSA) is 73.6 Å². The van der Waals surface area contributed by atoms with E-state index in [0.29, 0.717) is 22.9 Å². The lowest BCUT2D eigenvalue weighted by Gasteiger charge is -2.25. The van der Waals surface area contributed by atoms with Crippen molar-refractivity contribution in [2.75, 3.05) is 19.5 Å². The minimum Gasteiger partial charge on any atom is -0.496 e. The van der Waals surface area contributed by atoms with Gasteiger partial charge in [-0.2, -0.15) is 0 Å². The minimum absolute atomic E-state index is 0.0649. The maximum Gasteiger partial charge on any atom is 0.265 e. The van der Waals surface area contributed by atoms with Gasteiger partial charge >= 0.3 is 0 Å². The molecule has 2 rings (SSSR count). The van der Waals surface area contributed by atoms with E-state index >= 15 is 0 Å². The number of rotatable bonds is 9. The fourth-order valence-electron chi connectivity index (χ4n) is 2.92. The molecule has 1 atom stereocenters. The SMILES string of the molecule is CCCCC(C)(CC)c1cc(NC(=O)c2c(OC)cccc2OC)on1. The first-order valence-corrected chi connectivity index (χ1v) is 8.98. The number of hydrogen-bond donors (Lipinski definition) is 1. The molecule has 0 spiro atoms. The van der Waals surface area contributed by atoms with Gasteiger partial charge in [-0.1, -0.05) is 44.8 Å². The molecule has 0 aliphatic carbocycles. The fourth-order valence-corrected chi connectivity index (χ4v) is 2.92. The van der Waals surface area contributed by atoms with E-state index in [-0.39, 0.29) is 11.3 Å². The highest BCUT2D eigenvalue weighted by Gasteiger charge is 2.28. The summed E-state index contributed by atoms with van der Waals surface area (Å²) in [6, 6.07) is 6.99. The first kappa shape index (κ1) is 19.8. The Hall–Kier alpha value is -2.50. The van der Waals surface area contributed by atoms with Crippen molar-refractivity contribution >= 4 is 11.8 Å². The second kappa shape index (κ2) is 8.74. The number of unbranched alkanes of at least 4 members (excludes halogenated alkanes) is 1. The second-order valence-electron chi connectivity index (χ2n) is 6.59. The molecule has 1 unspecified atom stereocenters. The van der Waals surface area contributed by atoms with Gasteiger partial charge in [0.05, 0.1) is 19.9 Å². The summed E-state index contributed by atoms with van der Waals surface area (Å²) in [4.78, 5) is 12.7. The quantitative estimate of drug-likeness (QED) is 0.695. The molecule has 0 bridgehead atoms. The zero-order chi connectivity index (χ0) is 19.2. The van der Waals surface area contributed by atoms with Crippen LogP contribution in [-0.4, -0.2) is 25.3 Å². The van der Waals surface area contributed by atoms with Crippen LogP contribution in [0, 0.1) is 0 Å². The Balaban J connectivity index is 2.23. The number of nitrogens with one attached hydrogen (secondary N) is 1. The van der Waals surface area contributed by atoms with Gasteiger partial charge in [-0.3, -0.25) is 10.1 Å². The number of benzene rings is 1. The predicted octanol–water partition coefficient (Wildman–Crippen LogP) is 4.80. The highest BCUT2D eigenvalue weighted by atomic mass is 16.5. The van der Waals surface area contributed by atoms with Crippen LogP contribution in [0.1, 0.15) is 62.5 Å². The molecule has 1 heterocycles. The molecule has 1 amide bonds. The Morgan fingerprint density at radius 3 is 2.42 bits per heavy atom. The number of carbonyl (C=O) groups is 1. The molecule has 0 aliphatic rings. The van der Waals surface area contributed by atoms with Gasteiger partial charge in [0.1, 0.15) is 17.1 Å². The summed E-state index contributed by atoms with van der Waals surface area (Å²) in [5.74, 6) is 0.814. The maximum absolute atomic E-state index is 12.7. The molecule has 0 radical (unpaired) electrons. The van der Waals surface area contributed by atoms with E-state index in [4.69, 9.17) is 14.0 Å². The van der Waals surface area contributed by atoms with Gasteiger partial charge < -0.3 is 14.0 Å². The van der Waals surface area contributed by atoms with E-state index in [0.717, 1.165) is 31.4 Å². The lowest BCUT2D eigenvalue weighted by atomic mass is 9.79. The minimum atomic E-state index is -0.367. The Labute approximate surface area is 154 Å². The first-order valence-electron chi connectivity index (χ1n) is 8.98. The molecule has 6 nitrogen and oxygen atoms in total. The average Bonchev–Trinajstić information content (AvgIpc) is 3.14. The normalized spacial score (nSPS) is 13.1. The van der Waals surface area contributed by atoms with Crippen LogP contribution in [0.5, 0.6) is 11.5 Å². The Bertz CT molecular complexity index is 719. The molecule has 0 saturated carbocycles. The third-order valence-corrected chi connectivity index (χ3v) is 4.88. The summed E-state index contributed by atoms with van der Waals surface area (Å²) in [6.07, 6.45) is 4.23. The third kappa shape index (κ3) is 4.18. The number of carbonyl (C=O) groups excluding carboxylic acids is 1. The first-order chi connectivity index (χ1) is 12.5. The molecule has 1 aromatic carbocycles. The molecular formula is C20H28N2O4. The van der Waals surface area contributed by atoms with E-state index in [1.807, 2.05) is 0 Å². The standard InChI is InChI=1S/C20H28N2O4/c1-6-8-12-20(3,7-2)16-13-17(26-22-16)21-19(23)18-14(24-4)10-9-11-15(18)25-5/h9-11,13H,6-8,12H2,1-5H3,(H,21,23). The largest absolute Gasteiger partial charge is 0.496 e. The fraction of sp³-hybridized carbons (Fsp3) is 0.500. The summed E-state index contributed by atoms with van der Waals surface area (Å²) >= 11 is 0. The molecule has 6 heteroatoms. The molecule has 0 saturated heterocycles. The molecule has 0 aliphatic heterocycles. The number of aromatic nitrogens is 1. The van der Waals surface area contributed by atoms with Gasteiger partial charge in [0.2, 0.25) is 5.88 Å². The lowest BCUT2D eigenvalue weighted by molar-refractivity contribution is 0.101. The Kier molecular flexibility index (Phi) is 6.66. The summed E-state index contributed by atoms with van der Waals surface area (Å²) in [6.45, 7) is 6.49. The van der Waals surface area contributed by atoms with Crippen LogP contribution in [0.3, 0.4) is 0 Å². The van der Waals surface area contributed by atoms with Crippen molar-refractivity contribution in [1.29, 1.82) is 0 Å². The molecule has 1 N–H and O–H groups in total. The van der Waals surface area contributed by atoms with Crippen LogP contribution in [0.2, 0.25) is 0 Å². The Morgan fingerprint density at radius 1 is 1.23 bits per heavy atom. The van der Waals surface area contributed by atoms with Crippen LogP contribution in [0.15, 0.2) is 28.8 Å². The lowest BCUT2D eigenvalue weighted by Crippen LogP contribution is -2.21. The predicted molar refractivity (Wildman–Crippen MR) is 101 cm³/mol.